The van der Waals surface area contributed by atoms with E-state index in [1.807, 2.05) is 0 Å². The van der Waals surface area contributed by atoms with E-state index < -0.39 is 17.7 Å². The summed E-state index contributed by atoms with van der Waals surface area (Å²) in [5.41, 5.74) is -0.186. The highest BCUT2D eigenvalue weighted by Gasteiger charge is 2.18. The summed E-state index contributed by atoms with van der Waals surface area (Å²) < 4.78 is 9.53. The summed E-state index contributed by atoms with van der Waals surface area (Å²) in [6, 6.07) is 5.79. The molecule has 0 fully saturated rings. The van der Waals surface area contributed by atoms with Gasteiger partial charge in [-0.1, -0.05) is 0 Å². The Labute approximate surface area is 123 Å². The normalized spacial score (nSPS) is 10.7. The first-order valence-corrected chi connectivity index (χ1v) is 6.51. The van der Waals surface area contributed by atoms with Crippen LogP contribution in [0.4, 0.5) is 15.3 Å². The van der Waals surface area contributed by atoms with Crippen LogP contribution in [0.1, 0.15) is 20.8 Å². The molecule has 7 nitrogen and oxygen atoms in total. The van der Waals surface area contributed by atoms with Crippen molar-refractivity contribution in [2.24, 2.45) is 0 Å². The Balaban J connectivity index is 2.55. The van der Waals surface area contributed by atoms with Crippen molar-refractivity contribution >= 4 is 17.9 Å². The highest BCUT2D eigenvalue weighted by atomic mass is 16.7. The van der Waals surface area contributed by atoms with E-state index in [1.165, 1.54) is 12.1 Å². The van der Waals surface area contributed by atoms with Crippen molar-refractivity contribution in [1.29, 1.82) is 0 Å². The fraction of sp³-hybridized carbons (Fsp3) is 0.429. The summed E-state index contributed by atoms with van der Waals surface area (Å²) in [6.07, 6.45) is -0.777. The van der Waals surface area contributed by atoms with Gasteiger partial charge in [0.15, 0.2) is 0 Å². The van der Waals surface area contributed by atoms with Crippen LogP contribution in [0.15, 0.2) is 24.3 Å². The van der Waals surface area contributed by atoms with Crippen LogP contribution in [-0.2, 0) is 4.74 Å². The number of nitrogens with one attached hydrogen (secondary N) is 2. The van der Waals surface area contributed by atoms with Gasteiger partial charge in [-0.3, -0.25) is 0 Å². The third kappa shape index (κ3) is 6.13. The zero-order chi connectivity index (χ0) is 15.9. The first kappa shape index (κ1) is 16.8. The number of carbonyl (C=O) groups excluding carboxylic acids is 2. The number of hydrogen-bond donors (Lipinski definition) is 3. The lowest BCUT2D eigenvalue weighted by Gasteiger charge is -2.23. The Bertz CT molecular complexity index is 485. The minimum Gasteiger partial charge on any atom is -0.434 e. The summed E-state index contributed by atoms with van der Waals surface area (Å²) in [7, 11) is 0. The Hall–Kier alpha value is -2.28. The van der Waals surface area contributed by atoms with Crippen molar-refractivity contribution in [3.05, 3.63) is 24.3 Å². The number of urea groups is 1. The molecule has 0 spiro atoms. The minimum absolute atomic E-state index is 0.174. The maximum atomic E-state index is 11.7. The molecule has 1 aromatic rings. The second kappa shape index (κ2) is 7.49. The molecule has 3 N–H and O–H groups in total. The van der Waals surface area contributed by atoms with Crippen molar-refractivity contribution < 1.29 is 24.2 Å². The molecule has 7 heteroatoms. The number of ether oxygens (including phenoxy) is 2. The molecule has 0 aliphatic rings. The average Bonchev–Trinajstić information content (AvgIpc) is 2.40. The summed E-state index contributed by atoms with van der Waals surface area (Å²) in [5.74, 6) is 0.315. The van der Waals surface area contributed by atoms with Crippen molar-refractivity contribution in [3.8, 4) is 5.75 Å². The van der Waals surface area contributed by atoms with E-state index in [0.717, 1.165) is 0 Å². The van der Waals surface area contributed by atoms with Gasteiger partial charge in [-0.25, -0.2) is 9.59 Å². The maximum Gasteiger partial charge on any atom is 0.513 e. The Morgan fingerprint density at radius 3 is 2.38 bits per heavy atom. The molecule has 0 radical (unpaired) electrons. The number of aliphatic hydroxyl groups excluding tert-OH is 1. The molecule has 0 bridgehead atoms. The van der Waals surface area contributed by atoms with Gasteiger partial charge in [0.2, 0.25) is 0 Å². The van der Waals surface area contributed by atoms with Gasteiger partial charge >= 0.3 is 12.2 Å². The summed E-state index contributed by atoms with van der Waals surface area (Å²) >= 11 is 0. The van der Waals surface area contributed by atoms with Crippen LogP contribution in [0.2, 0.25) is 0 Å². The van der Waals surface area contributed by atoms with Gasteiger partial charge in [-0.2, -0.15) is 0 Å². The molecule has 0 unspecified atom stereocenters. The molecule has 116 valence electrons. The van der Waals surface area contributed by atoms with Crippen molar-refractivity contribution in [2.45, 2.75) is 26.3 Å². The van der Waals surface area contributed by atoms with Gasteiger partial charge in [0.25, 0.3) is 0 Å². The summed E-state index contributed by atoms with van der Waals surface area (Å²) in [6.45, 7) is 5.14. The highest BCUT2D eigenvalue weighted by Crippen LogP contribution is 2.16. The van der Waals surface area contributed by atoms with Crippen molar-refractivity contribution in [1.82, 2.24) is 5.32 Å². The standard InChI is InChI=1S/C14H20N2O5/c1-4-20-13(19)21-11-7-5-10(6-8-11)15-12(18)16-14(2,3)9-17/h5-8,17H,4,9H2,1-3H3,(H2,15,16,18). The number of aliphatic hydroxyl groups is 1. The Morgan fingerprint density at radius 2 is 1.86 bits per heavy atom. The largest absolute Gasteiger partial charge is 0.513 e. The summed E-state index contributed by atoms with van der Waals surface area (Å²) in [4.78, 5) is 22.8. The Kier molecular flexibility index (Phi) is 5.98. The molecule has 0 aromatic heterocycles. The number of carbonyl (C=O) groups is 2. The topological polar surface area (TPSA) is 96.9 Å². The second-order valence-electron chi connectivity index (χ2n) is 4.93. The van der Waals surface area contributed by atoms with E-state index in [4.69, 9.17) is 9.84 Å². The predicted octanol–water partition coefficient (Wildman–Crippen LogP) is 2.11. The summed E-state index contributed by atoms with van der Waals surface area (Å²) in [5, 5.41) is 14.3. The van der Waals surface area contributed by atoms with E-state index >= 15 is 0 Å². The molecule has 21 heavy (non-hydrogen) atoms. The maximum absolute atomic E-state index is 11.7. The fourth-order valence-electron chi connectivity index (χ4n) is 1.36. The SMILES string of the molecule is CCOC(=O)Oc1ccc(NC(=O)NC(C)(C)CO)cc1. The molecule has 1 rings (SSSR count). The van der Waals surface area contributed by atoms with Gasteiger partial charge in [0.05, 0.1) is 18.8 Å². The number of benzene rings is 1. The zero-order valence-electron chi connectivity index (χ0n) is 12.3. The highest BCUT2D eigenvalue weighted by molar-refractivity contribution is 5.89. The van der Waals surface area contributed by atoms with Gasteiger partial charge in [-0.05, 0) is 45.0 Å². The number of amides is 2. The number of anilines is 1. The minimum atomic E-state index is -0.777. The third-order valence-corrected chi connectivity index (χ3v) is 2.42. The molecule has 0 aliphatic heterocycles. The monoisotopic (exact) mass is 296 g/mol. The van der Waals surface area contributed by atoms with Gasteiger partial charge in [0.1, 0.15) is 5.75 Å². The molecule has 0 aliphatic carbocycles. The van der Waals surface area contributed by atoms with Crippen LogP contribution in [-0.4, -0.2) is 36.0 Å². The first-order chi connectivity index (χ1) is 9.86. The second-order valence-corrected chi connectivity index (χ2v) is 4.93. The molecule has 0 atom stereocenters. The molecular weight excluding hydrogens is 276 g/mol. The molecule has 2 amide bonds. The molecule has 1 aromatic carbocycles. The Morgan fingerprint density at radius 1 is 1.24 bits per heavy atom. The number of hydrogen-bond acceptors (Lipinski definition) is 5. The smallest absolute Gasteiger partial charge is 0.434 e. The van der Waals surface area contributed by atoms with Crippen LogP contribution in [0.3, 0.4) is 0 Å². The first-order valence-electron chi connectivity index (χ1n) is 6.51. The molecule has 0 saturated carbocycles. The zero-order valence-corrected chi connectivity index (χ0v) is 12.3. The molecule has 0 heterocycles. The average molecular weight is 296 g/mol. The van der Waals surface area contributed by atoms with E-state index in [2.05, 4.69) is 15.4 Å². The van der Waals surface area contributed by atoms with Crippen molar-refractivity contribution in [2.75, 3.05) is 18.5 Å². The van der Waals surface area contributed by atoms with Gasteiger partial charge in [-0.15, -0.1) is 0 Å². The van der Waals surface area contributed by atoms with Gasteiger partial charge in [0, 0.05) is 5.69 Å². The van der Waals surface area contributed by atoms with E-state index in [9.17, 15) is 9.59 Å². The third-order valence-electron chi connectivity index (χ3n) is 2.42. The van der Waals surface area contributed by atoms with Gasteiger partial charge < -0.3 is 25.2 Å². The number of rotatable bonds is 5. The van der Waals surface area contributed by atoms with E-state index in [1.54, 1.807) is 32.9 Å². The van der Waals surface area contributed by atoms with Crippen molar-refractivity contribution in [3.63, 3.8) is 0 Å². The lowest BCUT2D eigenvalue weighted by molar-refractivity contribution is 0.104. The van der Waals surface area contributed by atoms with Crippen LogP contribution >= 0.6 is 0 Å². The van der Waals surface area contributed by atoms with Crippen LogP contribution in [0, 0.1) is 0 Å². The fourth-order valence-corrected chi connectivity index (χ4v) is 1.36. The predicted molar refractivity (Wildman–Crippen MR) is 77.4 cm³/mol. The van der Waals surface area contributed by atoms with Crippen LogP contribution in [0.5, 0.6) is 5.75 Å². The van der Waals surface area contributed by atoms with E-state index in [0.29, 0.717) is 11.4 Å². The van der Waals surface area contributed by atoms with E-state index in [-0.39, 0.29) is 13.2 Å². The molecular formula is C14H20N2O5. The quantitative estimate of drug-likeness (QED) is 0.571. The van der Waals surface area contributed by atoms with Crippen LogP contribution in [0.25, 0.3) is 0 Å². The lowest BCUT2D eigenvalue weighted by Crippen LogP contribution is -2.48. The lowest BCUT2D eigenvalue weighted by atomic mass is 10.1. The molecule has 0 saturated heterocycles. The van der Waals surface area contributed by atoms with Crippen LogP contribution < -0.4 is 15.4 Å².